The molecule has 0 radical (unpaired) electrons. The van der Waals surface area contributed by atoms with Crippen molar-refractivity contribution in [2.75, 3.05) is 4.90 Å². The average molecular weight is 269 g/mol. The van der Waals surface area contributed by atoms with Crippen LogP contribution in [-0.2, 0) is 14.3 Å². The number of aliphatic hydroxyl groups excluding tert-OH is 1. The van der Waals surface area contributed by atoms with Gasteiger partial charge in [0, 0.05) is 18.7 Å². The van der Waals surface area contributed by atoms with E-state index < -0.39 is 24.0 Å². The van der Waals surface area contributed by atoms with Crippen molar-refractivity contribution in [1.82, 2.24) is 0 Å². The third kappa shape index (κ3) is 4.03. The fourth-order valence-corrected chi connectivity index (χ4v) is 1.61. The minimum Gasteiger partial charge on any atom is -0.426 e. The summed E-state index contributed by atoms with van der Waals surface area (Å²) < 4.78 is 17.3. The van der Waals surface area contributed by atoms with E-state index in [2.05, 4.69) is 4.74 Å². The molecule has 0 spiro atoms. The molecule has 0 aromatic heterocycles. The quantitative estimate of drug-likeness (QED) is 0.663. The molecule has 1 atom stereocenters. The van der Waals surface area contributed by atoms with Gasteiger partial charge in [0.25, 0.3) is 12.2 Å². The predicted molar refractivity (Wildman–Crippen MR) is 66.8 cm³/mol. The van der Waals surface area contributed by atoms with E-state index >= 15 is 0 Å². The van der Waals surface area contributed by atoms with Gasteiger partial charge < -0.3 is 14.7 Å². The fraction of sp³-hybridized carbons (Fsp3) is 0.385. The van der Waals surface area contributed by atoms with Gasteiger partial charge in [-0.25, -0.2) is 4.39 Å². The predicted octanol–water partition coefficient (Wildman–Crippen LogP) is 1.45. The van der Waals surface area contributed by atoms with Gasteiger partial charge in [0.1, 0.15) is 5.82 Å². The second kappa shape index (κ2) is 6.29. The van der Waals surface area contributed by atoms with Crippen molar-refractivity contribution in [3.05, 3.63) is 30.1 Å². The lowest BCUT2D eigenvalue weighted by molar-refractivity contribution is -0.173. The highest BCUT2D eigenvalue weighted by atomic mass is 19.1. The first kappa shape index (κ1) is 15.1. The van der Waals surface area contributed by atoms with E-state index in [4.69, 9.17) is 0 Å². The summed E-state index contributed by atoms with van der Waals surface area (Å²) in [6.45, 7) is 4.54. The van der Waals surface area contributed by atoms with Crippen molar-refractivity contribution in [3.8, 4) is 0 Å². The van der Waals surface area contributed by atoms with Crippen LogP contribution in [0.3, 0.4) is 0 Å². The Morgan fingerprint density at radius 3 is 2.21 bits per heavy atom. The van der Waals surface area contributed by atoms with Crippen LogP contribution < -0.4 is 4.90 Å². The zero-order valence-corrected chi connectivity index (χ0v) is 11.0. The summed E-state index contributed by atoms with van der Waals surface area (Å²) in [5.41, 5.74) is 0.410. The first-order valence-electron chi connectivity index (χ1n) is 5.77. The minimum absolute atomic E-state index is 0.289. The third-order valence-corrected chi connectivity index (χ3v) is 2.35. The zero-order valence-electron chi connectivity index (χ0n) is 11.0. The van der Waals surface area contributed by atoms with Crippen LogP contribution >= 0.6 is 0 Å². The van der Waals surface area contributed by atoms with Crippen LogP contribution in [0.2, 0.25) is 0 Å². The Morgan fingerprint density at radius 2 is 1.79 bits per heavy atom. The smallest absolute Gasteiger partial charge is 0.305 e. The van der Waals surface area contributed by atoms with Gasteiger partial charge in [-0.05, 0) is 38.1 Å². The van der Waals surface area contributed by atoms with E-state index in [1.54, 1.807) is 13.8 Å². The first-order chi connectivity index (χ1) is 8.82. The number of halogens is 1. The third-order valence-electron chi connectivity index (χ3n) is 2.35. The molecule has 1 unspecified atom stereocenters. The van der Waals surface area contributed by atoms with Gasteiger partial charge in [0.05, 0.1) is 0 Å². The van der Waals surface area contributed by atoms with Crippen LogP contribution in [0.15, 0.2) is 24.3 Å². The van der Waals surface area contributed by atoms with Gasteiger partial charge in [-0.3, -0.25) is 9.59 Å². The van der Waals surface area contributed by atoms with Crippen molar-refractivity contribution < 1.29 is 23.8 Å². The molecule has 1 aromatic carbocycles. The van der Waals surface area contributed by atoms with Gasteiger partial charge in [0.2, 0.25) is 0 Å². The molecule has 6 heteroatoms. The number of benzene rings is 1. The highest BCUT2D eigenvalue weighted by Gasteiger charge is 2.27. The number of rotatable bonds is 4. The van der Waals surface area contributed by atoms with Crippen LogP contribution in [0.5, 0.6) is 0 Å². The molecule has 104 valence electrons. The molecule has 1 amide bonds. The average Bonchev–Trinajstić information content (AvgIpc) is 2.30. The molecule has 0 saturated carbocycles. The summed E-state index contributed by atoms with van der Waals surface area (Å²) in [5, 5.41) is 9.51. The number of hydrogen-bond donors (Lipinski definition) is 1. The lowest BCUT2D eigenvalue weighted by Gasteiger charge is -2.28. The Kier molecular flexibility index (Phi) is 5.00. The summed E-state index contributed by atoms with van der Waals surface area (Å²) in [7, 11) is 0. The van der Waals surface area contributed by atoms with Gasteiger partial charge in [-0.1, -0.05) is 0 Å². The van der Waals surface area contributed by atoms with Crippen molar-refractivity contribution in [3.63, 3.8) is 0 Å². The fourth-order valence-electron chi connectivity index (χ4n) is 1.61. The molecule has 1 rings (SSSR count). The van der Waals surface area contributed by atoms with Gasteiger partial charge >= 0.3 is 5.97 Å². The summed E-state index contributed by atoms with van der Waals surface area (Å²) in [5.74, 6) is -1.97. The number of carbonyl (C=O) groups excluding carboxylic acids is 2. The van der Waals surface area contributed by atoms with Crippen LogP contribution in [0, 0.1) is 5.82 Å². The largest absolute Gasteiger partial charge is 0.426 e. The lowest BCUT2D eigenvalue weighted by Crippen LogP contribution is -2.45. The number of carbonyl (C=O) groups is 2. The first-order valence-corrected chi connectivity index (χ1v) is 5.77. The highest BCUT2D eigenvalue weighted by molar-refractivity contribution is 5.96. The number of nitrogens with zero attached hydrogens (tertiary/aromatic N) is 1. The van der Waals surface area contributed by atoms with E-state index in [1.165, 1.54) is 29.2 Å². The molecule has 0 saturated heterocycles. The maximum atomic E-state index is 12.9. The number of ether oxygens (including phenoxy) is 1. The molecule has 5 nitrogen and oxygen atoms in total. The van der Waals surface area contributed by atoms with Crippen LogP contribution in [0.1, 0.15) is 20.8 Å². The van der Waals surface area contributed by atoms with Crippen molar-refractivity contribution in [1.29, 1.82) is 0 Å². The molecular formula is C13H16FNO4. The summed E-state index contributed by atoms with van der Waals surface area (Å²) in [6.07, 6.45) is -1.87. The van der Waals surface area contributed by atoms with E-state index in [0.717, 1.165) is 6.92 Å². The summed E-state index contributed by atoms with van der Waals surface area (Å²) >= 11 is 0. The van der Waals surface area contributed by atoms with Crippen molar-refractivity contribution >= 4 is 17.6 Å². The lowest BCUT2D eigenvalue weighted by atomic mass is 10.2. The van der Waals surface area contributed by atoms with Crippen molar-refractivity contribution in [2.45, 2.75) is 33.1 Å². The highest BCUT2D eigenvalue weighted by Crippen LogP contribution is 2.19. The second-order valence-electron chi connectivity index (χ2n) is 4.24. The molecule has 0 aliphatic carbocycles. The Morgan fingerprint density at radius 1 is 1.26 bits per heavy atom. The number of amides is 1. The number of hydrogen-bond acceptors (Lipinski definition) is 4. The molecule has 0 fully saturated rings. The van der Waals surface area contributed by atoms with Crippen LogP contribution in [0.4, 0.5) is 10.1 Å². The number of anilines is 1. The second-order valence-corrected chi connectivity index (χ2v) is 4.24. The molecule has 0 heterocycles. The maximum Gasteiger partial charge on any atom is 0.305 e. The Bertz CT molecular complexity index is 458. The minimum atomic E-state index is -1.87. The molecular weight excluding hydrogens is 253 g/mol. The molecule has 0 aliphatic heterocycles. The van der Waals surface area contributed by atoms with Crippen molar-refractivity contribution in [2.24, 2.45) is 0 Å². The topological polar surface area (TPSA) is 66.8 Å². The number of esters is 1. The van der Waals surface area contributed by atoms with Gasteiger partial charge in [-0.2, -0.15) is 0 Å². The molecule has 19 heavy (non-hydrogen) atoms. The Labute approximate surface area is 110 Å². The Hall–Kier alpha value is -1.95. The van der Waals surface area contributed by atoms with Gasteiger partial charge in [0.15, 0.2) is 0 Å². The van der Waals surface area contributed by atoms with Gasteiger partial charge in [-0.15, -0.1) is 0 Å². The standard InChI is InChI=1S/C13H16FNO4/c1-8(2)15(11-6-4-10(14)5-7-11)12(17)13(18)19-9(3)16/h4-8,13,18H,1-3H3. The van der Waals surface area contributed by atoms with Crippen LogP contribution in [-0.4, -0.2) is 29.3 Å². The summed E-state index contributed by atoms with van der Waals surface area (Å²) in [6, 6.07) is 4.94. The van der Waals surface area contributed by atoms with E-state index in [1.807, 2.05) is 0 Å². The Balaban J connectivity index is 2.97. The monoisotopic (exact) mass is 269 g/mol. The van der Waals surface area contributed by atoms with E-state index in [-0.39, 0.29) is 6.04 Å². The zero-order chi connectivity index (χ0) is 14.6. The van der Waals surface area contributed by atoms with Crippen LogP contribution in [0.25, 0.3) is 0 Å². The van der Waals surface area contributed by atoms with E-state index in [0.29, 0.717) is 5.69 Å². The molecule has 0 bridgehead atoms. The molecule has 1 N–H and O–H groups in total. The normalized spacial score (nSPS) is 12.1. The molecule has 1 aromatic rings. The number of aliphatic hydroxyl groups is 1. The molecule has 0 aliphatic rings. The SMILES string of the molecule is CC(=O)OC(O)C(=O)N(c1ccc(F)cc1)C(C)C. The summed E-state index contributed by atoms with van der Waals surface area (Å²) in [4.78, 5) is 24.0. The maximum absolute atomic E-state index is 12.9. The van der Waals surface area contributed by atoms with E-state index in [9.17, 15) is 19.1 Å².